The Morgan fingerprint density at radius 2 is 0.545 bits per heavy atom. The molecule has 0 bridgehead atoms. The highest BCUT2D eigenvalue weighted by Crippen LogP contribution is 2.69. The largest absolute Gasteiger partial charge is 0.311 e. The van der Waals surface area contributed by atoms with Crippen LogP contribution in [-0.2, 0) is 11.0 Å². The van der Waals surface area contributed by atoms with Crippen LogP contribution in [0.2, 0.25) is 0 Å². The van der Waals surface area contributed by atoms with Crippen molar-refractivity contribution in [3.05, 3.63) is 321 Å². The standard InChI is InChI=1S/C81H59N16OP/c1-94(78-86-70(57-30-10-2-11-31-57)82-71(87-78)58-32-12-3-13-33-58)66-46-26-27-47-67(66)95(79-88-72(59-34-14-4-15-35-59)83-73(89-79)60-36-16-5-17-37-60)55-54-56-50-52-65(53-51-56)99(98)96(80-90-74(61-38-18-6-19-39-61)84-75(91-80)62-40-20-7-21-41-62)68-48-28-29-49-69(68)97(99)81-92-76(63-42-22-8-23-43-63)85-77(93-81)64-44-24-9-25-45-64/h2-53H,54-55H2,1H3. The lowest BCUT2D eigenvalue weighted by molar-refractivity contribution is 0.581. The van der Waals surface area contributed by atoms with E-state index in [1.807, 2.05) is 321 Å². The van der Waals surface area contributed by atoms with Gasteiger partial charge in [0.05, 0.1) is 28.1 Å². The summed E-state index contributed by atoms with van der Waals surface area (Å²) in [5, 5.41) is 0.455. The number of nitrogens with zero attached hydrogens (tertiary/aromatic N) is 16. The molecule has 16 rings (SSSR count). The van der Waals surface area contributed by atoms with E-state index in [-0.39, 0.29) is 11.9 Å². The lowest BCUT2D eigenvalue weighted by atomic mass is 10.1. The fraction of sp³-hybridized carbons (Fsp3) is 0.0370. The monoisotopic (exact) mass is 1300 g/mol. The van der Waals surface area contributed by atoms with E-state index in [1.54, 1.807) is 9.34 Å². The number of aromatic nitrogens is 12. The molecule has 11 aromatic carbocycles. The van der Waals surface area contributed by atoms with Crippen molar-refractivity contribution in [2.45, 2.75) is 6.42 Å². The zero-order chi connectivity index (χ0) is 66.5. The normalized spacial score (nSPS) is 12.3. The van der Waals surface area contributed by atoms with Crippen molar-refractivity contribution < 1.29 is 4.57 Å². The molecule has 5 heterocycles. The highest BCUT2D eigenvalue weighted by molar-refractivity contribution is 7.76. The van der Waals surface area contributed by atoms with Crippen molar-refractivity contribution in [1.29, 1.82) is 0 Å². The van der Waals surface area contributed by atoms with Gasteiger partial charge in [-0.3, -0.25) is 4.57 Å². The van der Waals surface area contributed by atoms with Gasteiger partial charge in [-0.15, -0.1) is 0 Å². The molecule has 0 amide bonds. The predicted octanol–water partition coefficient (Wildman–Crippen LogP) is 17.7. The number of anilines is 8. The molecule has 0 saturated carbocycles. The van der Waals surface area contributed by atoms with E-state index >= 15 is 4.57 Å². The molecule has 18 heteroatoms. The molecule has 4 aromatic heterocycles. The lowest BCUT2D eigenvalue weighted by Gasteiger charge is -2.31. The van der Waals surface area contributed by atoms with Gasteiger partial charge >= 0.3 is 7.44 Å². The molecule has 17 nitrogen and oxygen atoms in total. The quantitative estimate of drug-likeness (QED) is 0.0738. The van der Waals surface area contributed by atoms with Crippen LogP contribution in [0.1, 0.15) is 5.56 Å². The van der Waals surface area contributed by atoms with E-state index in [0.29, 0.717) is 88.1 Å². The number of para-hydroxylation sites is 4. The van der Waals surface area contributed by atoms with Crippen LogP contribution < -0.4 is 24.4 Å². The van der Waals surface area contributed by atoms with Gasteiger partial charge in [0.1, 0.15) is 0 Å². The Balaban J connectivity index is 0.850. The second kappa shape index (κ2) is 26.9. The minimum Gasteiger partial charge on any atom is -0.311 e. The number of fused-ring (bicyclic) bond motifs is 1. The van der Waals surface area contributed by atoms with Gasteiger partial charge in [0.15, 0.2) is 46.6 Å². The van der Waals surface area contributed by atoms with Gasteiger partial charge in [-0.25, -0.2) is 29.3 Å². The van der Waals surface area contributed by atoms with Gasteiger partial charge in [-0.2, -0.15) is 39.9 Å². The molecule has 1 aliphatic heterocycles. The minimum absolute atomic E-state index is 0.164. The summed E-state index contributed by atoms with van der Waals surface area (Å²) in [6.07, 6.45) is 0.452. The molecule has 0 spiro atoms. The van der Waals surface area contributed by atoms with Gasteiger partial charge in [-0.1, -0.05) is 279 Å². The van der Waals surface area contributed by atoms with E-state index in [0.717, 1.165) is 61.4 Å². The zero-order valence-corrected chi connectivity index (χ0v) is 54.3. The van der Waals surface area contributed by atoms with Crippen molar-refractivity contribution in [3.63, 3.8) is 0 Å². The molecular weight excluding hydrogens is 1240 g/mol. The van der Waals surface area contributed by atoms with Crippen LogP contribution in [0.3, 0.4) is 0 Å². The molecule has 1 aliphatic rings. The first kappa shape index (κ1) is 60.8. The van der Waals surface area contributed by atoms with Crippen molar-refractivity contribution in [1.82, 2.24) is 59.8 Å². The van der Waals surface area contributed by atoms with Crippen LogP contribution in [0.15, 0.2) is 315 Å². The first-order chi connectivity index (χ1) is 48.9. The summed E-state index contributed by atoms with van der Waals surface area (Å²) in [7, 11) is -2.36. The maximum atomic E-state index is 18.0. The smallest absolute Gasteiger partial charge is 0.306 e. The SMILES string of the molecule is CN(c1nc(-c2ccccc2)nc(-c2ccccc2)n1)c1ccccc1N(CCc1ccc(P2(=O)N(c3nc(-c4ccccc4)nc(-c4ccccc4)n3)c3ccccc3N2c2nc(-c3ccccc3)nc(-c3ccccc3)n2)cc1)c1nc(-c2ccccc2)nc(-c2ccccc2)n1. The summed E-state index contributed by atoms with van der Waals surface area (Å²) >= 11 is 0. The van der Waals surface area contributed by atoms with Gasteiger partial charge < -0.3 is 9.80 Å². The minimum atomic E-state index is -4.33. The second-order valence-corrected chi connectivity index (χ2v) is 25.7. The Hall–Kier alpha value is -13.1. The summed E-state index contributed by atoms with van der Waals surface area (Å²) in [4.78, 5) is 66.4. The highest BCUT2D eigenvalue weighted by atomic mass is 31.2. The Bertz CT molecular complexity index is 5000. The van der Waals surface area contributed by atoms with E-state index in [4.69, 9.17) is 59.8 Å². The second-order valence-electron chi connectivity index (χ2n) is 23.3. The Kier molecular flexibility index (Phi) is 16.6. The molecule has 0 unspecified atom stereocenters. The van der Waals surface area contributed by atoms with Gasteiger partial charge in [0, 0.05) is 58.1 Å². The number of rotatable bonds is 18. The average Bonchev–Trinajstić information content (AvgIpc) is 1.56. The summed E-state index contributed by atoms with van der Waals surface area (Å²) < 4.78 is 21.5. The van der Waals surface area contributed by atoms with Crippen molar-refractivity contribution in [3.8, 4) is 91.1 Å². The fourth-order valence-corrected chi connectivity index (χ4v) is 14.8. The molecular formula is C81H59N16OP. The molecule has 0 radical (unpaired) electrons. The fourth-order valence-electron chi connectivity index (χ4n) is 12.1. The van der Waals surface area contributed by atoms with Crippen molar-refractivity contribution in [2.75, 3.05) is 32.7 Å². The number of hydrogen-bond donors (Lipinski definition) is 0. The van der Waals surface area contributed by atoms with E-state index < -0.39 is 7.44 Å². The summed E-state index contributed by atoms with van der Waals surface area (Å²) in [5.41, 5.74) is 9.99. The van der Waals surface area contributed by atoms with E-state index in [1.165, 1.54) is 0 Å². The van der Waals surface area contributed by atoms with Crippen LogP contribution in [0.4, 0.5) is 46.5 Å². The molecule has 15 aromatic rings. The molecule has 0 aliphatic carbocycles. The summed E-state index contributed by atoms with van der Waals surface area (Å²) in [5.74, 6) is 4.84. The summed E-state index contributed by atoms with van der Waals surface area (Å²) in [6, 6.07) is 103. The third-order valence-electron chi connectivity index (χ3n) is 17.0. The van der Waals surface area contributed by atoms with E-state index in [9.17, 15) is 0 Å². The van der Waals surface area contributed by atoms with Gasteiger partial charge in [0.25, 0.3) is 0 Å². The first-order valence-corrected chi connectivity index (χ1v) is 34.0. The first-order valence-electron chi connectivity index (χ1n) is 32.3. The maximum Gasteiger partial charge on any atom is 0.306 e. The van der Waals surface area contributed by atoms with Crippen molar-refractivity contribution in [2.24, 2.45) is 0 Å². The predicted molar refractivity (Wildman–Crippen MR) is 392 cm³/mol. The zero-order valence-electron chi connectivity index (χ0n) is 53.4. The topological polar surface area (TPSA) is 185 Å². The Morgan fingerprint density at radius 1 is 0.283 bits per heavy atom. The van der Waals surface area contributed by atoms with Crippen molar-refractivity contribution >= 4 is 59.3 Å². The third-order valence-corrected chi connectivity index (χ3v) is 19.8. The highest BCUT2D eigenvalue weighted by Gasteiger charge is 2.52. The van der Waals surface area contributed by atoms with Crippen LogP contribution in [-0.4, -0.2) is 73.4 Å². The molecule has 474 valence electrons. The average molecular weight is 1300 g/mol. The summed E-state index contributed by atoms with van der Waals surface area (Å²) in [6.45, 7) is 0.352. The van der Waals surface area contributed by atoms with Crippen LogP contribution in [0, 0.1) is 0 Å². The number of hydrogen-bond acceptors (Lipinski definition) is 15. The van der Waals surface area contributed by atoms with E-state index in [2.05, 4.69) is 11.0 Å². The van der Waals surface area contributed by atoms with Crippen LogP contribution in [0.5, 0.6) is 0 Å². The van der Waals surface area contributed by atoms with Crippen LogP contribution in [0.25, 0.3) is 91.1 Å². The number of benzene rings is 11. The molecule has 0 saturated heterocycles. The third kappa shape index (κ3) is 12.3. The molecule has 99 heavy (non-hydrogen) atoms. The van der Waals surface area contributed by atoms with Gasteiger partial charge in [-0.05, 0) is 48.4 Å². The van der Waals surface area contributed by atoms with Crippen LogP contribution >= 0.6 is 7.44 Å². The Morgan fingerprint density at radius 3 is 0.859 bits per heavy atom. The maximum absolute atomic E-state index is 18.0. The molecule has 0 N–H and O–H groups in total. The molecule has 0 fully saturated rings. The molecule has 0 atom stereocenters. The van der Waals surface area contributed by atoms with Gasteiger partial charge in [0.2, 0.25) is 23.8 Å². The Labute approximate surface area is 571 Å². The lowest BCUT2D eigenvalue weighted by Crippen LogP contribution is -2.29.